The molecule has 0 aliphatic carbocycles. The fourth-order valence-corrected chi connectivity index (χ4v) is 2.42. The van der Waals surface area contributed by atoms with E-state index in [0.717, 1.165) is 16.7 Å². The predicted molar refractivity (Wildman–Crippen MR) is 82.1 cm³/mol. The van der Waals surface area contributed by atoms with Crippen molar-refractivity contribution in [3.8, 4) is 5.75 Å². The van der Waals surface area contributed by atoms with Crippen LogP contribution in [0.1, 0.15) is 10.5 Å². The molecule has 0 atom stereocenters. The number of carbonyl (C=O) groups excluding carboxylic acids is 1. The van der Waals surface area contributed by atoms with E-state index in [4.69, 9.17) is 9.84 Å². The van der Waals surface area contributed by atoms with E-state index in [0.29, 0.717) is 18.0 Å². The summed E-state index contributed by atoms with van der Waals surface area (Å²) in [4.78, 5) is 25.3. The zero-order chi connectivity index (χ0) is 15.2. The van der Waals surface area contributed by atoms with Gasteiger partial charge >= 0.3 is 5.97 Å². The molecule has 3 N–H and O–H groups in total. The molecule has 1 heterocycles. The minimum absolute atomic E-state index is 0.0437. The van der Waals surface area contributed by atoms with Gasteiger partial charge in [-0.1, -0.05) is 0 Å². The summed E-state index contributed by atoms with van der Waals surface area (Å²) in [6.45, 7) is 0.426. The van der Waals surface area contributed by atoms with Gasteiger partial charge in [-0.2, -0.15) is 0 Å². The van der Waals surface area contributed by atoms with Crippen molar-refractivity contribution in [1.29, 1.82) is 0 Å². The SMILES string of the molecule is COc1ccc2[nH]c(C(=O)NCCSCC(=O)O)cc2c1. The third-order valence-corrected chi connectivity index (χ3v) is 3.77. The minimum Gasteiger partial charge on any atom is -0.497 e. The lowest BCUT2D eigenvalue weighted by molar-refractivity contribution is -0.133. The zero-order valence-corrected chi connectivity index (χ0v) is 12.3. The van der Waals surface area contributed by atoms with E-state index in [1.54, 1.807) is 13.2 Å². The number of rotatable bonds is 7. The summed E-state index contributed by atoms with van der Waals surface area (Å²) in [5.41, 5.74) is 1.34. The summed E-state index contributed by atoms with van der Waals surface area (Å²) < 4.78 is 5.14. The van der Waals surface area contributed by atoms with Crippen molar-refractivity contribution in [1.82, 2.24) is 10.3 Å². The molecule has 0 unspecified atom stereocenters. The average Bonchev–Trinajstić information content (AvgIpc) is 2.89. The lowest BCUT2D eigenvalue weighted by Gasteiger charge is -2.02. The maximum Gasteiger partial charge on any atom is 0.313 e. The highest BCUT2D eigenvalue weighted by Gasteiger charge is 2.09. The van der Waals surface area contributed by atoms with Crippen molar-refractivity contribution in [2.24, 2.45) is 0 Å². The minimum atomic E-state index is -0.851. The summed E-state index contributed by atoms with van der Waals surface area (Å²) >= 11 is 1.27. The van der Waals surface area contributed by atoms with Gasteiger partial charge in [0.25, 0.3) is 5.91 Å². The van der Waals surface area contributed by atoms with Crippen LogP contribution in [0.25, 0.3) is 10.9 Å². The number of thioether (sulfide) groups is 1. The normalized spacial score (nSPS) is 10.5. The van der Waals surface area contributed by atoms with E-state index in [9.17, 15) is 9.59 Å². The fourth-order valence-electron chi connectivity index (χ4n) is 1.85. The highest BCUT2D eigenvalue weighted by molar-refractivity contribution is 7.99. The van der Waals surface area contributed by atoms with Gasteiger partial charge in [0.1, 0.15) is 11.4 Å². The Balaban J connectivity index is 1.91. The van der Waals surface area contributed by atoms with Gasteiger partial charge in [-0.3, -0.25) is 9.59 Å². The standard InChI is InChI=1S/C14H16N2O4S/c1-20-10-2-3-11-9(6-10)7-12(16-11)14(19)15-4-5-21-8-13(17)18/h2-3,6-7,16H,4-5,8H2,1H3,(H,15,19)(H,17,18). The summed E-state index contributed by atoms with van der Waals surface area (Å²) in [5, 5.41) is 12.1. The topological polar surface area (TPSA) is 91.4 Å². The fraction of sp³-hybridized carbons (Fsp3) is 0.286. The van der Waals surface area contributed by atoms with Crippen molar-refractivity contribution in [3.05, 3.63) is 30.0 Å². The number of hydrogen-bond donors (Lipinski definition) is 3. The maximum absolute atomic E-state index is 12.0. The summed E-state index contributed by atoms with van der Waals surface area (Å²) in [7, 11) is 1.59. The second kappa shape index (κ2) is 7.03. The van der Waals surface area contributed by atoms with Gasteiger partial charge in [-0.05, 0) is 24.3 Å². The van der Waals surface area contributed by atoms with Crippen molar-refractivity contribution < 1.29 is 19.4 Å². The maximum atomic E-state index is 12.0. The number of fused-ring (bicyclic) bond motifs is 1. The van der Waals surface area contributed by atoms with Gasteiger partial charge in [-0.25, -0.2) is 0 Å². The first-order chi connectivity index (χ1) is 10.1. The highest BCUT2D eigenvalue weighted by atomic mass is 32.2. The van der Waals surface area contributed by atoms with E-state index in [1.165, 1.54) is 11.8 Å². The van der Waals surface area contributed by atoms with Crippen LogP contribution in [0.2, 0.25) is 0 Å². The number of amides is 1. The van der Waals surface area contributed by atoms with Crippen LogP contribution >= 0.6 is 11.8 Å². The van der Waals surface area contributed by atoms with Crippen LogP contribution in [-0.4, -0.2) is 47.1 Å². The molecule has 0 bridgehead atoms. The lowest BCUT2D eigenvalue weighted by Crippen LogP contribution is -2.26. The Kier molecular flexibility index (Phi) is 5.10. The predicted octanol–water partition coefficient (Wildman–Crippen LogP) is 1.72. The first-order valence-electron chi connectivity index (χ1n) is 6.34. The monoisotopic (exact) mass is 308 g/mol. The number of carbonyl (C=O) groups is 2. The second-order valence-corrected chi connectivity index (χ2v) is 5.44. The number of aromatic amines is 1. The molecule has 0 fully saturated rings. The van der Waals surface area contributed by atoms with Crippen molar-refractivity contribution in [3.63, 3.8) is 0 Å². The molecule has 0 spiro atoms. The largest absolute Gasteiger partial charge is 0.497 e. The summed E-state index contributed by atoms with van der Waals surface area (Å²) in [6.07, 6.45) is 0. The van der Waals surface area contributed by atoms with Crippen LogP contribution in [-0.2, 0) is 4.79 Å². The molecule has 1 aromatic heterocycles. The van der Waals surface area contributed by atoms with Crippen LogP contribution in [0.15, 0.2) is 24.3 Å². The molecule has 0 aliphatic heterocycles. The number of H-pyrrole nitrogens is 1. The van der Waals surface area contributed by atoms with Crippen molar-refractivity contribution in [2.45, 2.75) is 0 Å². The van der Waals surface area contributed by atoms with Gasteiger partial charge < -0.3 is 20.1 Å². The molecule has 0 saturated carbocycles. The van der Waals surface area contributed by atoms with Gasteiger partial charge in [-0.15, -0.1) is 11.8 Å². The molecule has 0 radical (unpaired) electrons. The Bertz CT molecular complexity index is 653. The average molecular weight is 308 g/mol. The molecule has 2 rings (SSSR count). The molecule has 0 saturated heterocycles. The molecular formula is C14H16N2O4S. The van der Waals surface area contributed by atoms with Gasteiger partial charge in [0.2, 0.25) is 0 Å². The number of carboxylic acid groups (broad SMARTS) is 1. The number of aliphatic carboxylic acids is 1. The second-order valence-electron chi connectivity index (χ2n) is 4.34. The Labute approximate surface area is 125 Å². The first-order valence-corrected chi connectivity index (χ1v) is 7.50. The molecule has 21 heavy (non-hydrogen) atoms. The molecule has 2 aromatic rings. The lowest BCUT2D eigenvalue weighted by atomic mass is 10.2. The summed E-state index contributed by atoms with van der Waals surface area (Å²) in [6, 6.07) is 7.29. The Morgan fingerprint density at radius 3 is 2.90 bits per heavy atom. The Morgan fingerprint density at radius 1 is 1.38 bits per heavy atom. The quantitative estimate of drug-likeness (QED) is 0.678. The van der Waals surface area contributed by atoms with E-state index >= 15 is 0 Å². The number of ether oxygens (including phenoxy) is 1. The molecule has 6 nitrogen and oxygen atoms in total. The highest BCUT2D eigenvalue weighted by Crippen LogP contribution is 2.21. The van der Waals surface area contributed by atoms with Gasteiger partial charge in [0.15, 0.2) is 0 Å². The number of carboxylic acids is 1. The van der Waals surface area contributed by atoms with E-state index < -0.39 is 5.97 Å². The molecule has 0 aliphatic rings. The van der Waals surface area contributed by atoms with E-state index in [-0.39, 0.29) is 11.7 Å². The molecule has 1 amide bonds. The number of aromatic nitrogens is 1. The van der Waals surface area contributed by atoms with Crippen LogP contribution < -0.4 is 10.1 Å². The van der Waals surface area contributed by atoms with Crippen LogP contribution in [0.4, 0.5) is 0 Å². The number of hydrogen-bond acceptors (Lipinski definition) is 4. The van der Waals surface area contributed by atoms with Crippen molar-refractivity contribution in [2.75, 3.05) is 25.2 Å². The molecular weight excluding hydrogens is 292 g/mol. The molecule has 1 aromatic carbocycles. The van der Waals surface area contributed by atoms with Crippen LogP contribution in [0, 0.1) is 0 Å². The smallest absolute Gasteiger partial charge is 0.313 e. The van der Waals surface area contributed by atoms with Crippen LogP contribution in [0.3, 0.4) is 0 Å². The van der Waals surface area contributed by atoms with E-state index in [1.807, 2.05) is 18.2 Å². The Hall–Kier alpha value is -2.15. The van der Waals surface area contributed by atoms with Crippen molar-refractivity contribution >= 4 is 34.5 Å². The number of methoxy groups -OCH3 is 1. The van der Waals surface area contributed by atoms with Crippen LogP contribution in [0.5, 0.6) is 5.75 Å². The third-order valence-electron chi connectivity index (χ3n) is 2.83. The Morgan fingerprint density at radius 2 is 2.19 bits per heavy atom. The third kappa shape index (κ3) is 4.16. The number of benzene rings is 1. The number of nitrogens with one attached hydrogen (secondary N) is 2. The zero-order valence-electron chi connectivity index (χ0n) is 11.5. The molecule has 112 valence electrons. The molecule has 7 heteroatoms. The first kappa shape index (κ1) is 15.2. The van der Waals surface area contributed by atoms with E-state index in [2.05, 4.69) is 10.3 Å². The summed E-state index contributed by atoms with van der Waals surface area (Å²) in [5.74, 6) is 0.282. The van der Waals surface area contributed by atoms with Gasteiger partial charge in [0.05, 0.1) is 12.9 Å². The van der Waals surface area contributed by atoms with Gasteiger partial charge in [0, 0.05) is 23.2 Å².